The van der Waals surface area contributed by atoms with Gasteiger partial charge in [0.1, 0.15) is 5.60 Å². The van der Waals surface area contributed by atoms with E-state index in [2.05, 4.69) is 4.57 Å². The Bertz CT molecular complexity index is 1030. The third-order valence-electron chi connectivity index (χ3n) is 5.26. The molecule has 1 N–H and O–H groups in total. The Morgan fingerprint density at radius 1 is 1.03 bits per heavy atom. The molecule has 1 aliphatic rings. The molecule has 0 bridgehead atoms. The quantitative estimate of drug-likeness (QED) is 0.437. The minimum atomic E-state index is -0.584. The minimum absolute atomic E-state index is 0.307. The highest BCUT2D eigenvalue weighted by Crippen LogP contribution is 2.37. The van der Waals surface area contributed by atoms with Crippen LogP contribution in [-0.2, 0) is 4.74 Å². The molecular weight excluding hydrogens is 435 g/mol. The molecule has 0 saturated carbocycles. The van der Waals surface area contributed by atoms with Crippen LogP contribution in [0.25, 0.3) is 21.8 Å². The minimum Gasteiger partial charge on any atom is -0.444 e. The zero-order chi connectivity index (χ0) is 22.9. The number of halogens is 2. The van der Waals surface area contributed by atoms with Crippen LogP contribution < -0.4 is 0 Å². The van der Waals surface area contributed by atoms with E-state index in [0.717, 1.165) is 21.8 Å². The first kappa shape index (κ1) is 23.7. The van der Waals surface area contributed by atoms with Crippen LogP contribution in [0.5, 0.6) is 0 Å². The van der Waals surface area contributed by atoms with E-state index >= 15 is 0 Å². The zero-order valence-electron chi connectivity index (χ0n) is 18.7. The summed E-state index contributed by atoms with van der Waals surface area (Å²) < 4.78 is 7.64. The normalized spacial score (nSPS) is 19.3. The molecule has 2 aromatic carbocycles. The molecule has 5 nitrogen and oxygen atoms in total. The molecule has 1 saturated heterocycles. The summed E-state index contributed by atoms with van der Waals surface area (Å²) in [7, 11) is 0. The number of likely N-dealkylation sites (tertiary alicyclic amines) is 1. The Morgan fingerprint density at radius 3 is 2.03 bits per heavy atom. The number of aliphatic hydroxyl groups is 1. The molecule has 1 fully saturated rings. The van der Waals surface area contributed by atoms with Crippen molar-refractivity contribution in [3.05, 3.63) is 46.4 Å². The van der Waals surface area contributed by atoms with Crippen molar-refractivity contribution in [3.8, 4) is 0 Å². The molecule has 0 unspecified atom stereocenters. The molecule has 7 heteroatoms. The smallest absolute Gasteiger partial charge is 0.410 e. The van der Waals surface area contributed by atoms with Gasteiger partial charge >= 0.3 is 6.09 Å². The van der Waals surface area contributed by atoms with Gasteiger partial charge in [-0.2, -0.15) is 0 Å². The standard InChI is InChI=1S/C22H24Cl2N2O3.C2H6/c1-22(2,3)29-21(28)25-9-8-20(27)19(12-25)26-17-6-4-13(23)10-15(17)16-11-14(24)5-7-18(16)26;1-2/h4-7,10-11,19-20,27H,8-9,12H2,1-3H3;1-2H3/t19-,20-;/m1./s1. The second-order valence-electron chi connectivity index (χ2n) is 8.54. The number of amides is 1. The number of benzene rings is 2. The number of aromatic nitrogens is 1. The summed E-state index contributed by atoms with van der Waals surface area (Å²) in [5.41, 5.74) is 1.33. The average Bonchev–Trinajstić information content (AvgIpc) is 3.01. The zero-order valence-corrected chi connectivity index (χ0v) is 20.2. The van der Waals surface area contributed by atoms with Gasteiger partial charge in [-0.15, -0.1) is 0 Å². The number of nitrogens with zero attached hydrogens (tertiary/aromatic N) is 2. The SMILES string of the molecule is CC.CC(C)(C)OC(=O)N1CC[C@@H](O)[C@H](n2c3ccc(Cl)cc3c3cc(Cl)ccc32)C1. The molecule has 3 aromatic rings. The Morgan fingerprint density at radius 2 is 1.55 bits per heavy atom. The van der Waals surface area contributed by atoms with E-state index in [1.165, 1.54) is 0 Å². The summed E-state index contributed by atoms with van der Waals surface area (Å²) in [6.07, 6.45) is -0.466. The lowest BCUT2D eigenvalue weighted by atomic mass is 10.0. The molecule has 2 atom stereocenters. The topological polar surface area (TPSA) is 54.7 Å². The number of aliphatic hydroxyl groups excluding tert-OH is 1. The van der Waals surface area contributed by atoms with Gasteiger partial charge in [0.15, 0.2) is 0 Å². The van der Waals surface area contributed by atoms with E-state index in [0.29, 0.717) is 29.6 Å². The Labute approximate surface area is 193 Å². The first-order chi connectivity index (χ1) is 14.6. The highest BCUT2D eigenvalue weighted by Gasteiger charge is 2.35. The van der Waals surface area contributed by atoms with Crippen molar-refractivity contribution in [1.82, 2.24) is 9.47 Å². The van der Waals surface area contributed by atoms with E-state index in [1.807, 2.05) is 71.0 Å². The lowest BCUT2D eigenvalue weighted by Crippen LogP contribution is -2.48. The van der Waals surface area contributed by atoms with E-state index in [-0.39, 0.29) is 12.1 Å². The highest BCUT2D eigenvalue weighted by molar-refractivity contribution is 6.33. The largest absolute Gasteiger partial charge is 0.444 e. The lowest BCUT2D eigenvalue weighted by molar-refractivity contribution is -0.00417. The highest BCUT2D eigenvalue weighted by atomic mass is 35.5. The summed E-state index contributed by atoms with van der Waals surface area (Å²) in [5, 5.41) is 14.1. The molecule has 1 aliphatic heterocycles. The molecule has 2 heterocycles. The number of piperidine rings is 1. The Balaban J connectivity index is 0.00000132. The Hall–Kier alpha value is -1.95. The van der Waals surface area contributed by atoms with Crippen molar-refractivity contribution in [2.45, 2.75) is 58.8 Å². The van der Waals surface area contributed by atoms with Crippen molar-refractivity contribution in [1.29, 1.82) is 0 Å². The maximum Gasteiger partial charge on any atom is 0.410 e. The van der Waals surface area contributed by atoms with Gasteiger partial charge in [-0.1, -0.05) is 37.0 Å². The number of carbonyl (C=O) groups excluding carboxylic acids is 1. The fourth-order valence-corrected chi connectivity index (χ4v) is 4.36. The van der Waals surface area contributed by atoms with Gasteiger partial charge in [0, 0.05) is 44.9 Å². The summed E-state index contributed by atoms with van der Waals surface area (Å²) in [5.74, 6) is 0. The molecule has 0 radical (unpaired) electrons. The molecule has 0 spiro atoms. The van der Waals surface area contributed by atoms with Gasteiger partial charge in [-0.05, 0) is 63.6 Å². The molecule has 1 amide bonds. The van der Waals surface area contributed by atoms with Crippen molar-refractivity contribution < 1.29 is 14.6 Å². The first-order valence-electron chi connectivity index (χ1n) is 10.7. The van der Waals surface area contributed by atoms with Crippen LogP contribution in [0.15, 0.2) is 36.4 Å². The molecule has 31 heavy (non-hydrogen) atoms. The predicted octanol–water partition coefficient (Wildman–Crippen LogP) is 6.67. The monoisotopic (exact) mass is 464 g/mol. The summed E-state index contributed by atoms with van der Waals surface area (Å²) in [4.78, 5) is 14.3. The van der Waals surface area contributed by atoms with E-state index < -0.39 is 11.7 Å². The van der Waals surface area contributed by atoms with Crippen LogP contribution in [0.3, 0.4) is 0 Å². The van der Waals surface area contributed by atoms with Crippen LogP contribution >= 0.6 is 23.2 Å². The number of carbonyl (C=O) groups is 1. The molecule has 0 aliphatic carbocycles. The average molecular weight is 465 g/mol. The van der Waals surface area contributed by atoms with Crippen molar-refractivity contribution >= 4 is 51.1 Å². The van der Waals surface area contributed by atoms with Crippen molar-refractivity contribution in [2.24, 2.45) is 0 Å². The Kier molecular flexibility index (Phi) is 7.09. The van der Waals surface area contributed by atoms with Crippen LogP contribution in [-0.4, -0.2) is 45.5 Å². The molecular formula is C24H30Cl2N2O3. The second kappa shape index (κ2) is 9.27. The maximum absolute atomic E-state index is 12.6. The third kappa shape index (κ3) is 4.94. The van der Waals surface area contributed by atoms with Crippen molar-refractivity contribution in [3.63, 3.8) is 0 Å². The first-order valence-corrected chi connectivity index (χ1v) is 11.4. The third-order valence-corrected chi connectivity index (χ3v) is 5.73. The predicted molar refractivity (Wildman–Crippen MR) is 128 cm³/mol. The van der Waals surface area contributed by atoms with Gasteiger partial charge in [0.05, 0.1) is 12.1 Å². The van der Waals surface area contributed by atoms with Gasteiger partial charge in [-0.25, -0.2) is 4.79 Å². The second-order valence-corrected chi connectivity index (χ2v) is 9.42. The van der Waals surface area contributed by atoms with Gasteiger partial charge in [0.25, 0.3) is 0 Å². The number of hydrogen-bond donors (Lipinski definition) is 1. The van der Waals surface area contributed by atoms with Crippen LogP contribution in [0.2, 0.25) is 10.0 Å². The molecule has 1 aromatic heterocycles. The fourth-order valence-electron chi connectivity index (χ4n) is 4.02. The maximum atomic E-state index is 12.6. The molecule has 168 valence electrons. The van der Waals surface area contributed by atoms with E-state index in [9.17, 15) is 9.90 Å². The number of ether oxygens (including phenoxy) is 1. The summed E-state index contributed by atoms with van der Waals surface area (Å²) in [6, 6.07) is 11.1. The number of hydrogen-bond acceptors (Lipinski definition) is 3. The van der Waals surface area contributed by atoms with E-state index in [1.54, 1.807) is 4.90 Å². The number of fused-ring (bicyclic) bond motifs is 3. The summed E-state index contributed by atoms with van der Waals surface area (Å²) in [6.45, 7) is 10.4. The van der Waals surface area contributed by atoms with Crippen LogP contribution in [0, 0.1) is 0 Å². The fraction of sp³-hybridized carbons (Fsp3) is 0.458. The van der Waals surface area contributed by atoms with Crippen LogP contribution in [0.1, 0.15) is 47.1 Å². The van der Waals surface area contributed by atoms with Gasteiger partial charge in [-0.3, -0.25) is 0 Å². The van der Waals surface area contributed by atoms with Crippen molar-refractivity contribution in [2.75, 3.05) is 13.1 Å². The van der Waals surface area contributed by atoms with Gasteiger partial charge in [0.2, 0.25) is 0 Å². The van der Waals surface area contributed by atoms with Crippen LogP contribution in [0.4, 0.5) is 4.79 Å². The summed E-state index contributed by atoms with van der Waals surface area (Å²) >= 11 is 12.5. The van der Waals surface area contributed by atoms with Gasteiger partial charge < -0.3 is 19.3 Å². The van der Waals surface area contributed by atoms with E-state index in [4.69, 9.17) is 27.9 Å². The lowest BCUT2D eigenvalue weighted by Gasteiger charge is -2.38. The number of rotatable bonds is 1. The molecule has 4 rings (SSSR count).